The highest BCUT2D eigenvalue weighted by molar-refractivity contribution is 5.94. The van der Waals surface area contributed by atoms with Crippen molar-refractivity contribution in [3.8, 4) is 11.8 Å². The molecular weight excluding hydrogens is 422 g/mol. The number of nitrogens with one attached hydrogen (secondary N) is 1. The number of piperazine rings is 1. The van der Waals surface area contributed by atoms with Crippen LogP contribution in [-0.2, 0) is 13.6 Å². The molecule has 1 amide bonds. The van der Waals surface area contributed by atoms with Crippen molar-refractivity contribution >= 4 is 23.0 Å². The lowest BCUT2D eigenvalue weighted by Gasteiger charge is -2.28. The van der Waals surface area contributed by atoms with Gasteiger partial charge in [0.05, 0.1) is 0 Å². The van der Waals surface area contributed by atoms with E-state index in [1.165, 1.54) is 4.57 Å². The van der Waals surface area contributed by atoms with Gasteiger partial charge in [-0.1, -0.05) is 0 Å². The number of imidazole rings is 1. The van der Waals surface area contributed by atoms with Crippen molar-refractivity contribution in [1.82, 2.24) is 29.3 Å². The van der Waals surface area contributed by atoms with Crippen LogP contribution in [0.25, 0.3) is 11.2 Å². The Bertz CT molecular complexity index is 1220. The highest BCUT2D eigenvalue weighted by Gasteiger charge is 2.23. The summed E-state index contributed by atoms with van der Waals surface area (Å²) in [4.78, 5) is 39.1. The van der Waals surface area contributed by atoms with Crippen molar-refractivity contribution in [2.24, 2.45) is 7.05 Å². The van der Waals surface area contributed by atoms with Crippen LogP contribution in [0.3, 0.4) is 0 Å². The van der Waals surface area contributed by atoms with Crippen LogP contribution in [0.1, 0.15) is 30.1 Å². The van der Waals surface area contributed by atoms with Gasteiger partial charge in [-0.05, 0) is 44.0 Å². The Kier molecular flexibility index (Phi) is 5.76. The van der Waals surface area contributed by atoms with E-state index in [-0.39, 0.29) is 17.5 Å². The van der Waals surface area contributed by atoms with E-state index in [0.29, 0.717) is 29.0 Å². The fraction of sp³-hybridized carbons (Fsp3) is 0.478. The van der Waals surface area contributed by atoms with Gasteiger partial charge in [-0.3, -0.25) is 14.2 Å². The Labute approximate surface area is 191 Å². The van der Waals surface area contributed by atoms with E-state index < -0.39 is 0 Å². The standard InChI is InChI=1S/C23H29N7O3/c1-3-30-18-19(25-22(30)29-14-10-24-11-15-29)26-23(27(2)21(18)32)33-17-8-6-16(7-9-17)20(31)28-12-4-5-13-28/h6-9,24H,3-5,10-15H2,1-2H3. The summed E-state index contributed by atoms with van der Waals surface area (Å²) in [6.45, 7) is 7.66. The van der Waals surface area contributed by atoms with Gasteiger partial charge < -0.3 is 24.4 Å². The lowest BCUT2D eigenvalue weighted by Crippen LogP contribution is -2.44. The third-order valence-electron chi connectivity index (χ3n) is 6.34. The summed E-state index contributed by atoms with van der Waals surface area (Å²) in [6.07, 6.45) is 2.11. The molecular formula is C23H29N7O3. The zero-order chi connectivity index (χ0) is 22.9. The molecule has 10 nitrogen and oxygen atoms in total. The molecule has 0 saturated carbocycles. The lowest BCUT2D eigenvalue weighted by atomic mass is 10.2. The van der Waals surface area contributed by atoms with Crippen LogP contribution in [0.2, 0.25) is 0 Å². The molecule has 2 aliphatic heterocycles. The second-order valence-corrected chi connectivity index (χ2v) is 8.45. The van der Waals surface area contributed by atoms with Crippen LogP contribution < -0.4 is 20.5 Å². The molecule has 10 heteroatoms. The van der Waals surface area contributed by atoms with Gasteiger partial charge in [0.25, 0.3) is 11.5 Å². The Hall–Kier alpha value is -3.40. The number of benzene rings is 1. The molecule has 5 rings (SSSR count). The summed E-state index contributed by atoms with van der Waals surface area (Å²) < 4.78 is 9.27. The van der Waals surface area contributed by atoms with Crippen molar-refractivity contribution in [2.75, 3.05) is 44.2 Å². The van der Waals surface area contributed by atoms with E-state index in [2.05, 4.69) is 15.2 Å². The molecule has 0 atom stereocenters. The lowest BCUT2D eigenvalue weighted by molar-refractivity contribution is 0.0793. The number of carbonyl (C=O) groups excluding carboxylic acids is 1. The van der Waals surface area contributed by atoms with Crippen molar-refractivity contribution < 1.29 is 9.53 Å². The quantitative estimate of drug-likeness (QED) is 0.629. The van der Waals surface area contributed by atoms with Gasteiger partial charge in [0, 0.05) is 58.4 Å². The number of nitrogens with zero attached hydrogens (tertiary/aromatic N) is 6. The number of carbonyl (C=O) groups is 1. The molecule has 1 N–H and O–H groups in total. The molecule has 0 radical (unpaired) electrons. The van der Waals surface area contributed by atoms with Crippen LogP contribution in [-0.4, -0.2) is 69.2 Å². The van der Waals surface area contributed by atoms with Crippen molar-refractivity contribution in [1.29, 1.82) is 0 Å². The minimum Gasteiger partial charge on any atom is -0.425 e. The van der Waals surface area contributed by atoms with Gasteiger partial charge in [0.1, 0.15) is 5.75 Å². The zero-order valence-electron chi connectivity index (χ0n) is 19.1. The highest BCUT2D eigenvalue weighted by atomic mass is 16.5. The fourth-order valence-corrected chi connectivity index (χ4v) is 4.50. The summed E-state index contributed by atoms with van der Waals surface area (Å²) in [5.74, 6) is 1.31. The third-order valence-corrected chi connectivity index (χ3v) is 6.34. The van der Waals surface area contributed by atoms with Crippen molar-refractivity contribution in [2.45, 2.75) is 26.3 Å². The maximum atomic E-state index is 13.2. The molecule has 33 heavy (non-hydrogen) atoms. The predicted molar refractivity (Wildman–Crippen MR) is 125 cm³/mol. The van der Waals surface area contributed by atoms with Gasteiger partial charge in [0.2, 0.25) is 5.95 Å². The second kappa shape index (κ2) is 8.86. The summed E-state index contributed by atoms with van der Waals surface area (Å²) in [5.41, 5.74) is 1.28. The molecule has 0 unspecified atom stereocenters. The van der Waals surface area contributed by atoms with E-state index in [0.717, 1.165) is 58.1 Å². The summed E-state index contributed by atoms with van der Waals surface area (Å²) in [5, 5.41) is 3.34. The molecule has 0 spiro atoms. The molecule has 2 saturated heterocycles. The molecule has 0 bridgehead atoms. The van der Waals surface area contributed by atoms with Crippen LogP contribution in [0.4, 0.5) is 5.95 Å². The number of likely N-dealkylation sites (tertiary alicyclic amines) is 1. The van der Waals surface area contributed by atoms with Crippen molar-refractivity contribution in [3.05, 3.63) is 40.2 Å². The number of aryl methyl sites for hydroxylation is 1. The monoisotopic (exact) mass is 451 g/mol. The van der Waals surface area contributed by atoms with Crippen LogP contribution in [0, 0.1) is 0 Å². The van der Waals surface area contributed by atoms with E-state index in [1.54, 1.807) is 31.3 Å². The average Bonchev–Trinajstić information content (AvgIpc) is 3.51. The van der Waals surface area contributed by atoms with Crippen molar-refractivity contribution in [3.63, 3.8) is 0 Å². The predicted octanol–water partition coefficient (Wildman–Crippen LogP) is 1.59. The van der Waals surface area contributed by atoms with Gasteiger partial charge in [0.15, 0.2) is 11.2 Å². The maximum Gasteiger partial charge on any atom is 0.306 e. The zero-order valence-corrected chi connectivity index (χ0v) is 19.1. The second-order valence-electron chi connectivity index (χ2n) is 8.45. The third kappa shape index (κ3) is 3.95. The minimum absolute atomic E-state index is 0.0385. The SMILES string of the molecule is CCn1c(N2CCNCC2)nc2nc(Oc3ccc(C(=O)N4CCCC4)cc3)n(C)c(=O)c21. The highest BCUT2D eigenvalue weighted by Crippen LogP contribution is 2.24. The number of anilines is 1. The van der Waals surface area contributed by atoms with Gasteiger partial charge in [-0.2, -0.15) is 9.97 Å². The topological polar surface area (TPSA) is 97.5 Å². The summed E-state index contributed by atoms with van der Waals surface area (Å²) in [7, 11) is 1.65. The Morgan fingerprint density at radius 1 is 1.06 bits per heavy atom. The first kappa shape index (κ1) is 21.4. The number of rotatable bonds is 5. The molecule has 3 aromatic rings. The smallest absolute Gasteiger partial charge is 0.306 e. The van der Waals surface area contributed by atoms with E-state index in [1.807, 2.05) is 16.4 Å². The first-order valence-electron chi connectivity index (χ1n) is 11.6. The van der Waals surface area contributed by atoms with Crippen LogP contribution >= 0.6 is 0 Å². The number of fused-ring (bicyclic) bond motifs is 1. The molecule has 0 aliphatic carbocycles. The average molecular weight is 452 g/mol. The molecule has 1 aromatic carbocycles. The van der Waals surface area contributed by atoms with Gasteiger partial charge >= 0.3 is 6.01 Å². The Morgan fingerprint density at radius 3 is 2.42 bits per heavy atom. The first-order valence-corrected chi connectivity index (χ1v) is 11.6. The maximum absolute atomic E-state index is 13.2. The molecule has 174 valence electrons. The first-order chi connectivity index (χ1) is 16.1. The van der Waals surface area contributed by atoms with Gasteiger partial charge in [-0.15, -0.1) is 0 Å². The normalized spacial score (nSPS) is 16.5. The van der Waals surface area contributed by atoms with E-state index >= 15 is 0 Å². The molecule has 4 heterocycles. The number of ether oxygens (including phenoxy) is 1. The summed E-state index contributed by atoms with van der Waals surface area (Å²) >= 11 is 0. The Morgan fingerprint density at radius 2 is 1.76 bits per heavy atom. The number of amides is 1. The number of hydrogen-bond donors (Lipinski definition) is 1. The number of aromatic nitrogens is 4. The molecule has 2 aromatic heterocycles. The van der Waals surface area contributed by atoms with Crippen LogP contribution in [0.15, 0.2) is 29.1 Å². The Balaban J connectivity index is 1.44. The fourth-order valence-electron chi connectivity index (χ4n) is 4.50. The van der Waals surface area contributed by atoms with E-state index in [4.69, 9.17) is 9.72 Å². The largest absolute Gasteiger partial charge is 0.425 e. The van der Waals surface area contributed by atoms with E-state index in [9.17, 15) is 9.59 Å². The van der Waals surface area contributed by atoms with Crippen LogP contribution in [0.5, 0.6) is 11.8 Å². The molecule has 2 fully saturated rings. The summed E-state index contributed by atoms with van der Waals surface area (Å²) in [6, 6.07) is 7.13. The minimum atomic E-state index is -0.202. The molecule has 2 aliphatic rings. The van der Waals surface area contributed by atoms with Gasteiger partial charge in [-0.25, -0.2) is 0 Å². The number of hydrogen-bond acceptors (Lipinski definition) is 7.